The Bertz CT molecular complexity index is 447. The number of nitro groups is 1. The van der Waals surface area contributed by atoms with Crippen LogP contribution >= 0.6 is 15.9 Å². The van der Waals surface area contributed by atoms with Gasteiger partial charge in [0.25, 0.3) is 5.69 Å². The van der Waals surface area contributed by atoms with Crippen molar-refractivity contribution in [3.8, 4) is 5.75 Å². The predicted molar refractivity (Wildman–Crippen MR) is 66.2 cm³/mol. The normalized spacial score (nSPS) is 11.9. The first-order valence-electron chi connectivity index (χ1n) is 5.09. The van der Waals surface area contributed by atoms with Crippen LogP contribution in [-0.2, 0) is 4.79 Å². The van der Waals surface area contributed by atoms with Gasteiger partial charge in [0.15, 0.2) is 11.9 Å². The first-order chi connectivity index (χ1) is 7.97. The Labute approximate surface area is 107 Å². The number of benzene rings is 1. The van der Waals surface area contributed by atoms with Crippen molar-refractivity contribution in [1.29, 1.82) is 0 Å². The molecule has 0 N–H and O–H groups in total. The van der Waals surface area contributed by atoms with Crippen molar-refractivity contribution in [2.75, 3.05) is 0 Å². The first-order valence-corrected chi connectivity index (χ1v) is 5.89. The topological polar surface area (TPSA) is 69.4 Å². The highest BCUT2D eigenvalue weighted by molar-refractivity contribution is 9.10. The van der Waals surface area contributed by atoms with Crippen molar-refractivity contribution in [2.45, 2.75) is 26.4 Å². The minimum absolute atomic E-state index is 0.0524. The van der Waals surface area contributed by atoms with E-state index in [0.717, 1.165) is 0 Å². The largest absolute Gasteiger partial charge is 0.482 e. The number of ether oxygens (including phenoxy) is 1. The maximum absolute atomic E-state index is 11.4. The number of hydrogen-bond donors (Lipinski definition) is 0. The van der Waals surface area contributed by atoms with E-state index < -0.39 is 11.0 Å². The molecule has 0 aliphatic carbocycles. The maximum Gasteiger partial charge on any atom is 0.287 e. The van der Waals surface area contributed by atoms with Crippen LogP contribution in [0.3, 0.4) is 0 Å². The summed E-state index contributed by atoms with van der Waals surface area (Å²) in [4.78, 5) is 21.6. The average Bonchev–Trinajstić information content (AvgIpc) is 2.30. The maximum atomic E-state index is 11.4. The minimum Gasteiger partial charge on any atom is -0.482 e. The number of rotatable bonds is 5. The van der Waals surface area contributed by atoms with Crippen molar-refractivity contribution in [2.24, 2.45) is 0 Å². The second-order valence-electron chi connectivity index (χ2n) is 3.43. The second-order valence-corrected chi connectivity index (χ2v) is 4.22. The third kappa shape index (κ3) is 3.26. The van der Waals surface area contributed by atoms with Gasteiger partial charge in [-0.1, -0.05) is 13.0 Å². The molecular weight excluding hydrogens is 290 g/mol. The lowest BCUT2D eigenvalue weighted by atomic mass is 10.2. The molecule has 0 amide bonds. The summed E-state index contributed by atoms with van der Waals surface area (Å²) in [7, 11) is 0. The zero-order chi connectivity index (χ0) is 13.0. The Balaban J connectivity index is 2.96. The summed E-state index contributed by atoms with van der Waals surface area (Å²) in [5, 5.41) is 10.7. The molecule has 0 fully saturated rings. The Morgan fingerprint density at radius 2 is 2.24 bits per heavy atom. The van der Waals surface area contributed by atoms with E-state index >= 15 is 0 Å². The SMILES string of the molecule is CCC(=O)C(C)Oc1cccc([N+](=O)[O-])c1Br. The first kappa shape index (κ1) is 13.6. The Morgan fingerprint density at radius 1 is 1.59 bits per heavy atom. The quantitative estimate of drug-likeness (QED) is 0.619. The smallest absolute Gasteiger partial charge is 0.287 e. The van der Waals surface area contributed by atoms with Crippen LogP contribution < -0.4 is 4.74 Å². The van der Waals surface area contributed by atoms with Crippen LogP contribution in [0.1, 0.15) is 20.3 Å². The predicted octanol–water partition coefficient (Wildman–Crippen LogP) is 3.10. The van der Waals surface area contributed by atoms with Gasteiger partial charge >= 0.3 is 0 Å². The molecule has 0 aromatic heterocycles. The molecule has 0 heterocycles. The Kier molecular flexibility index (Phi) is 4.62. The van der Waals surface area contributed by atoms with Crippen LogP contribution in [-0.4, -0.2) is 16.8 Å². The van der Waals surface area contributed by atoms with Crippen LogP contribution in [0.25, 0.3) is 0 Å². The van der Waals surface area contributed by atoms with Crippen molar-refractivity contribution in [1.82, 2.24) is 0 Å². The molecule has 17 heavy (non-hydrogen) atoms. The average molecular weight is 302 g/mol. The third-order valence-electron chi connectivity index (χ3n) is 2.25. The van der Waals surface area contributed by atoms with E-state index in [2.05, 4.69) is 15.9 Å². The minimum atomic E-state index is -0.613. The summed E-state index contributed by atoms with van der Waals surface area (Å²) in [5.74, 6) is 0.247. The third-order valence-corrected chi connectivity index (χ3v) is 3.04. The number of carbonyl (C=O) groups excluding carboxylic acids is 1. The van der Waals surface area contributed by atoms with Crippen LogP contribution in [0.2, 0.25) is 0 Å². The molecule has 0 saturated heterocycles. The molecule has 1 atom stereocenters. The molecular formula is C11H12BrNO4. The van der Waals surface area contributed by atoms with Crippen LogP contribution in [0.5, 0.6) is 5.75 Å². The van der Waals surface area contributed by atoms with Crippen molar-refractivity contribution in [3.05, 3.63) is 32.8 Å². The van der Waals surface area contributed by atoms with Gasteiger partial charge in [0.2, 0.25) is 0 Å². The van der Waals surface area contributed by atoms with E-state index in [4.69, 9.17) is 4.74 Å². The van der Waals surface area contributed by atoms with Crippen molar-refractivity contribution >= 4 is 27.4 Å². The summed E-state index contributed by atoms with van der Waals surface area (Å²) >= 11 is 3.10. The number of nitro benzene ring substituents is 1. The fraction of sp³-hybridized carbons (Fsp3) is 0.364. The lowest BCUT2D eigenvalue weighted by Gasteiger charge is -2.13. The highest BCUT2D eigenvalue weighted by atomic mass is 79.9. The van der Waals surface area contributed by atoms with Gasteiger partial charge in [0, 0.05) is 12.5 Å². The van der Waals surface area contributed by atoms with Gasteiger partial charge in [-0.25, -0.2) is 0 Å². The van der Waals surface area contributed by atoms with E-state index in [1.807, 2.05) is 0 Å². The Morgan fingerprint density at radius 3 is 2.76 bits per heavy atom. The molecule has 0 aliphatic rings. The van der Waals surface area contributed by atoms with E-state index in [9.17, 15) is 14.9 Å². The zero-order valence-corrected chi connectivity index (χ0v) is 11.1. The van der Waals surface area contributed by atoms with Crippen LogP contribution in [0.4, 0.5) is 5.69 Å². The molecule has 0 bridgehead atoms. The summed E-state index contributed by atoms with van der Waals surface area (Å²) in [5.41, 5.74) is -0.0846. The van der Waals surface area contributed by atoms with Gasteiger partial charge in [0.05, 0.1) is 4.92 Å². The van der Waals surface area contributed by atoms with E-state index in [1.54, 1.807) is 19.9 Å². The summed E-state index contributed by atoms with van der Waals surface area (Å²) in [6.45, 7) is 3.36. The van der Waals surface area contributed by atoms with E-state index in [-0.39, 0.29) is 15.9 Å². The molecule has 0 aliphatic heterocycles. The van der Waals surface area contributed by atoms with Gasteiger partial charge in [-0.2, -0.15) is 0 Å². The van der Waals surface area contributed by atoms with Gasteiger partial charge in [-0.05, 0) is 28.9 Å². The summed E-state index contributed by atoms with van der Waals surface area (Å²) < 4.78 is 5.64. The number of Topliss-reactive ketones (excluding diaryl/α,β-unsaturated/α-hetero) is 1. The highest BCUT2D eigenvalue weighted by Crippen LogP contribution is 2.34. The molecule has 1 aromatic carbocycles. The molecule has 92 valence electrons. The van der Waals surface area contributed by atoms with Crippen LogP contribution in [0.15, 0.2) is 22.7 Å². The van der Waals surface area contributed by atoms with Crippen LogP contribution in [0, 0.1) is 10.1 Å². The van der Waals surface area contributed by atoms with E-state index in [1.165, 1.54) is 12.1 Å². The fourth-order valence-electron chi connectivity index (χ4n) is 1.27. The van der Waals surface area contributed by atoms with Gasteiger partial charge < -0.3 is 4.74 Å². The van der Waals surface area contributed by atoms with Crippen molar-refractivity contribution < 1.29 is 14.5 Å². The number of ketones is 1. The standard InChI is InChI=1S/C11H12BrNO4/c1-3-9(14)7(2)17-10-6-4-5-8(11(10)12)13(15)16/h4-7H,3H2,1-2H3. The fourth-order valence-corrected chi connectivity index (χ4v) is 1.78. The monoisotopic (exact) mass is 301 g/mol. The second kappa shape index (κ2) is 5.77. The number of nitrogens with zero attached hydrogens (tertiary/aromatic N) is 1. The Hall–Kier alpha value is -1.43. The summed E-state index contributed by atoms with van der Waals surface area (Å²) in [6, 6.07) is 4.46. The molecule has 0 radical (unpaired) electrons. The summed E-state index contributed by atoms with van der Waals surface area (Å²) in [6.07, 6.45) is -0.244. The van der Waals surface area contributed by atoms with Gasteiger partial charge in [0.1, 0.15) is 10.2 Å². The van der Waals surface area contributed by atoms with Gasteiger partial charge in [-0.3, -0.25) is 14.9 Å². The van der Waals surface area contributed by atoms with Crippen molar-refractivity contribution in [3.63, 3.8) is 0 Å². The number of carbonyl (C=O) groups is 1. The molecule has 1 unspecified atom stereocenters. The molecule has 6 heteroatoms. The van der Waals surface area contributed by atoms with Gasteiger partial charge in [-0.15, -0.1) is 0 Å². The number of hydrogen-bond acceptors (Lipinski definition) is 4. The molecule has 1 aromatic rings. The zero-order valence-electron chi connectivity index (χ0n) is 9.47. The highest BCUT2D eigenvalue weighted by Gasteiger charge is 2.19. The lowest BCUT2D eigenvalue weighted by Crippen LogP contribution is -2.23. The molecule has 5 nitrogen and oxygen atoms in total. The molecule has 1 rings (SSSR count). The lowest BCUT2D eigenvalue weighted by molar-refractivity contribution is -0.385. The number of halogens is 1. The molecule has 0 saturated carbocycles. The van der Waals surface area contributed by atoms with E-state index in [0.29, 0.717) is 12.2 Å². The molecule has 0 spiro atoms.